The molecule has 5 aromatic rings. The van der Waals surface area contributed by atoms with Gasteiger partial charge in [0.25, 0.3) is 5.91 Å². The molecule has 216 valence electrons. The number of aromatic nitrogens is 6. The van der Waals surface area contributed by atoms with E-state index in [1.807, 2.05) is 0 Å². The Morgan fingerprint density at radius 3 is 2.38 bits per heavy atom. The maximum absolute atomic E-state index is 14.6. The molecular formula is C27H19F6N7O2. The highest BCUT2D eigenvalue weighted by Crippen LogP contribution is 2.33. The van der Waals surface area contributed by atoms with Crippen molar-refractivity contribution in [3.05, 3.63) is 94.1 Å². The molecule has 1 aliphatic heterocycles. The minimum Gasteiger partial charge on any atom is -0.337 e. The highest BCUT2D eigenvalue weighted by Gasteiger charge is 2.34. The number of imidazole rings is 1. The number of likely N-dealkylation sites (tertiary alicyclic amines) is 1. The lowest BCUT2D eigenvalue weighted by molar-refractivity contribution is -0.140. The molecule has 0 aliphatic carbocycles. The van der Waals surface area contributed by atoms with Gasteiger partial charge < -0.3 is 9.88 Å². The number of aromatic amines is 1. The normalized spacial score (nSPS) is 14.6. The molecule has 15 heteroatoms. The number of hydrogen-bond acceptors (Lipinski definition) is 5. The van der Waals surface area contributed by atoms with Crippen molar-refractivity contribution >= 4 is 16.9 Å². The van der Waals surface area contributed by atoms with E-state index in [-0.39, 0.29) is 54.0 Å². The Morgan fingerprint density at radius 1 is 0.952 bits per heavy atom. The molecule has 9 nitrogen and oxygen atoms in total. The van der Waals surface area contributed by atoms with Crippen LogP contribution in [0.4, 0.5) is 26.3 Å². The van der Waals surface area contributed by atoms with E-state index in [9.17, 15) is 35.9 Å². The summed E-state index contributed by atoms with van der Waals surface area (Å²) in [4.78, 5) is 30.0. The quantitative estimate of drug-likeness (QED) is 0.302. The third-order valence-corrected chi connectivity index (χ3v) is 7.20. The van der Waals surface area contributed by atoms with Crippen molar-refractivity contribution in [2.45, 2.75) is 25.1 Å². The predicted octanol–water partition coefficient (Wildman–Crippen LogP) is 4.89. The van der Waals surface area contributed by atoms with Gasteiger partial charge in [-0.25, -0.2) is 22.6 Å². The third kappa shape index (κ3) is 4.69. The molecule has 3 aromatic heterocycles. The SMILES string of the molecule is O=C(c1cc(-c2ccnnc2)n(-c2ccc(C(F)(F)F)c(F)c2)n1)N1CCC(n2c(=O)[nH]c3ccc(F)c(F)c32)CC1. The first-order valence-corrected chi connectivity index (χ1v) is 12.6. The number of alkyl halides is 3. The van der Waals surface area contributed by atoms with Crippen LogP contribution in [0.3, 0.4) is 0 Å². The summed E-state index contributed by atoms with van der Waals surface area (Å²) in [5, 5.41) is 11.8. The first-order chi connectivity index (χ1) is 20.0. The lowest BCUT2D eigenvalue weighted by atomic mass is 10.0. The second kappa shape index (κ2) is 10.2. The van der Waals surface area contributed by atoms with Crippen LogP contribution in [0.15, 0.2) is 59.7 Å². The van der Waals surface area contributed by atoms with Gasteiger partial charge in [-0.1, -0.05) is 0 Å². The number of halogens is 6. The summed E-state index contributed by atoms with van der Waals surface area (Å²) in [5.74, 6) is -4.27. The zero-order chi connectivity index (χ0) is 29.8. The molecule has 0 bridgehead atoms. The van der Waals surface area contributed by atoms with Gasteiger partial charge in [0, 0.05) is 30.8 Å². The molecule has 0 saturated carbocycles. The zero-order valence-electron chi connectivity index (χ0n) is 21.4. The molecule has 0 spiro atoms. The van der Waals surface area contributed by atoms with Crippen LogP contribution in [0.1, 0.15) is 34.9 Å². The Kier molecular flexibility index (Phi) is 6.58. The van der Waals surface area contributed by atoms with Gasteiger partial charge in [0.05, 0.1) is 34.9 Å². The van der Waals surface area contributed by atoms with Crippen molar-refractivity contribution in [1.82, 2.24) is 34.4 Å². The summed E-state index contributed by atoms with van der Waals surface area (Å²) in [5.41, 5.74) is -1.52. The van der Waals surface area contributed by atoms with E-state index < -0.39 is 46.8 Å². The third-order valence-electron chi connectivity index (χ3n) is 7.20. The van der Waals surface area contributed by atoms with Crippen LogP contribution in [0.2, 0.25) is 0 Å². The number of rotatable bonds is 4. The Labute approximate surface area is 232 Å². The fourth-order valence-electron chi connectivity index (χ4n) is 5.19. The van der Waals surface area contributed by atoms with E-state index in [1.54, 1.807) is 6.07 Å². The number of carbonyl (C=O) groups is 1. The lowest BCUT2D eigenvalue weighted by Crippen LogP contribution is -2.40. The van der Waals surface area contributed by atoms with Crippen molar-refractivity contribution in [2.24, 2.45) is 0 Å². The van der Waals surface area contributed by atoms with Crippen LogP contribution in [-0.4, -0.2) is 53.4 Å². The van der Waals surface area contributed by atoms with Crippen LogP contribution >= 0.6 is 0 Å². The van der Waals surface area contributed by atoms with Crippen molar-refractivity contribution in [3.63, 3.8) is 0 Å². The Bertz CT molecular complexity index is 1870. The van der Waals surface area contributed by atoms with Crippen molar-refractivity contribution < 1.29 is 31.1 Å². The number of piperidine rings is 1. The molecule has 6 rings (SSSR count). The zero-order valence-corrected chi connectivity index (χ0v) is 21.4. The molecule has 1 N–H and O–H groups in total. The maximum Gasteiger partial charge on any atom is 0.419 e. The van der Waals surface area contributed by atoms with Crippen molar-refractivity contribution in [1.29, 1.82) is 0 Å². The van der Waals surface area contributed by atoms with Gasteiger partial charge in [0.1, 0.15) is 11.3 Å². The van der Waals surface area contributed by atoms with Crippen LogP contribution in [0.5, 0.6) is 0 Å². The minimum absolute atomic E-state index is 0.0574. The van der Waals surface area contributed by atoms with Crippen molar-refractivity contribution in [3.8, 4) is 16.9 Å². The van der Waals surface area contributed by atoms with E-state index in [2.05, 4.69) is 20.3 Å². The second-order valence-corrected chi connectivity index (χ2v) is 9.70. The van der Waals surface area contributed by atoms with E-state index in [1.165, 1.54) is 29.4 Å². The van der Waals surface area contributed by atoms with E-state index >= 15 is 0 Å². The van der Waals surface area contributed by atoms with Gasteiger partial charge >= 0.3 is 11.9 Å². The first kappa shape index (κ1) is 27.2. The first-order valence-electron chi connectivity index (χ1n) is 12.6. The van der Waals surface area contributed by atoms with E-state index in [0.717, 1.165) is 21.4 Å². The molecule has 1 fully saturated rings. The number of fused-ring (bicyclic) bond motifs is 1. The van der Waals surface area contributed by atoms with Gasteiger partial charge in [-0.05, 0) is 49.2 Å². The summed E-state index contributed by atoms with van der Waals surface area (Å²) in [6.45, 7) is 0.293. The summed E-state index contributed by atoms with van der Waals surface area (Å²) in [6.07, 6.45) is -1.67. The second-order valence-electron chi connectivity index (χ2n) is 9.70. The molecule has 1 aliphatic rings. The summed E-state index contributed by atoms with van der Waals surface area (Å²) >= 11 is 0. The van der Waals surface area contributed by atoms with Crippen LogP contribution in [0, 0.1) is 17.5 Å². The molecule has 4 heterocycles. The molecule has 0 radical (unpaired) electrons. The molecule has 1 saturated heterocycles. The number of hydrogen-bond donors (Lipinski definition) is 1. The van der Waals surface area contributed by atoms with E-state index in [4.69, 9.17) is 0 Å². The molecule has 0 unspecified atom stereocenters. The number of nitrogens with one attached hydrogen (secondary N) is 1. The standard InChI is InChI=1S/C27H19F6N7O2/c28-18-3-4-20-24(23(18)30)39(26(42)36-20)15-6-9-38(10-7-15)25(41)21-12-22(14-5-8-34-35-13-14)40(37-21)16-1-2-17(19(29)11-16)27(31,32)33/h1-5,8,11-13,15H,6-7,9-10H2,(H,36,42). The summed E-state index contributed by atoms with van der Waals surface area (Å²) < 4.78 is 84.5. The summed E-state index contributed by atoms with van der Waals surface area (Å²) in [6, 6.07) is 6.94. The molecule has 2 aromatic carbocycles. The van der Waals surface area contributed by atoms with Crippen LogP contribution in [0.25, 0.3) is 28.0 Å². The molecule has 42 heavy (non-hydrogen) atoms. The Balaban J connectivity index is 1.29. The smallest absolute Gasteiger partial charge is 0.337 e. The average molecular weight is 587 g/mol. The van der Waals surface area contributed by atoms with Gasteiger partial charge in [0.2, 0.25) is 0 Å². The molecular weight excluding hydrogens is 568 g/mol. The highest BCUT2D eigenvalue weighted by molar-refractivity contribution is 5.93. The topological polar surface area (TPSA) is 102 Å². The number of nitrogens with zero attached hydrogens (tertiary/aromatic N) is 6. The lowest BCUT2D eigenvalue weighted by Gasteiger charge is -2.32. The van der Waals surface area contributed by atoms with Crippen LogP contribution < -0.4 is 5.69 Å². The number of H-pyrrole nitrogens is 1. The predicted molar refractivity (Wildman–Crippen MR) is 136 cm³/mol. The van der Waals surface area contributed by atoms with Crippen LogP contribution in [-0.2, 0) is 6.18 Å². The van der Waals surface area contributed by atoms with Gasteiger partial charge in [-0.3, -0.25) is 9.36 Å². The number of carbonyl (C=O) groups excluding carboxylic acids is 1. The monoisotopic (exact) mass is 587 g/mol. The highest BCUT2D eigenvalue weighted by atomic mass is 19.4. The van der Waals surface area contributed by atoms with Gasteiger partial charge in [-0.2, -0.15) is 28.5 Å². The maximum atomic E-state index is 14.6. The van der Waals surface area contributed by atoms with Gasteiger partial charge in [0.15, 0.2) is 17.3 Å². The molecule has 1 amide bonds. The number of amides is 1. The largest absolute Gasteiger partial charge is 0.419 e. The molecule has 0 atom stereocenters. The summed E-state index contributed by atoms with van der Waals surface area (Å²) in [7, 11) is 0. The number of benzene rings is 2. The van der Waals surface area contributed by atoms with Gasteiger partial charge in [-0.15, -0.1) is 0 Å². The Morgan fingerprint density at radius 2 is 1.71 bits per heavy atom. The fraction of sp³-hybridized carbons (Fsp3) is 0.222. The van der Waals surface area contributed by atoms with E-state index in [0.29, 0.717) is 17.7 Å². The minimum atomic E-state index is -4.89. The Hall–Kier alpha value is -4.95. The van der Waals surface area contributed by atoms with Crippen molar-refractivity contribution in [2.75, 3.05) is 13.1 Å². The average Bonchev–Trinajstić information content (AvgIpc) is 3.56. The fourth-order valence-corrected chi connectivity index (χ4v) is 5.19.